The van der Waals surface area contributed by atoms with E-state index in [0.717, 1.165) is 51.1 Å². The highest BCUT2D eigenvalue weighted by Crippen LogP contribution is 2.69. The molecule has 14 atom stereocenters. The summed E-state index contributed by atoms with van der Waals surface area (Å²) < 4.78 is 11.4. The van der Waals surface area contributed by atoms with Crippen LogP contribution in [0, 0.1) is 69.0 Å². The molecule has 0 unspecified atom stereocenters. The number of nitrogens with one attached hydrogen (secondary N) is 2. The molecule has 2 saturated heterocycles. The third-order valence-corrected chi connectivity index (χ3v) is 16.5. The van der Waals surface area contributed by atoms with Crippen LogP contribution >= 0.6 is 0 Å². The molecule has 10 heteroatoms. The fourth-order valence-corrected chi connectivity index (χ4v) is 13.3. The maximum Gasteiger partial charge on any atom is 0.216 e. The van der Waals surface area contributed by atoms with Crippen molar-refractivity contribution in [3.63, 3.8) is 0 Å². The predicted molar refractivity (Wildman–Crippen MR) is 197 cm³/mol. The Hall–Kier alpha value is -3.50. The number of allylic oxidation sites excluding steroid dienone is 6. The molecule has 12 rings (SSSR count). The molecule has 2 aliphatic heterocycles. The molecule has 54 heavy (non-hydrogen) atoms. The van der Waals surface area contributed by atoms with Crippen molar-refractivity contribution in [2.75, 3.05) is 26.3 Å². The minimum atomic E-state index is -0.721. The lowest BCUT2D eigenvalue weighted by molar-refractivity contribution is -0.152. The maximum absolute atomic E-state index is 13.5. The summed E-state index contributed by atoms with van der Waals surface area (Å²) in [5, 5.41) is 6.00. The molecule has 4 saturated carbocycles. The third-order valence-electron chi connectivity index (χ3n) is 16.5. The number of aldehydes is 2. The largest absolute Gasteiger partial charge is 0.361 e. The summed E-state index contributed by atoms with van der Waals surface area (Å²) in [5.74, 6) is 0.551. The molecular formula is C44H54N2O8. The number of epoxide rings is 2. The van der Waals surface area contributed by atoms with E-state index >= 15 is 0 Å². The molecule has 4 spiro atoms. The van der Waals surface area contributed by atoms with Crippen LogP contribution in [-0.2, 0) is 38.2 Å². The number of carbonyl (C=O) groups excluding carboxylic acids is 6. The molecule has 0 radical (unpaired) electrons. The van der Waals surface area contributed by atoms with E-state index in [1.54, 1.807) is 13.8 Å². The molecule has 10 nitrogen and oxygen atoms in total. The van der Waals surface area contributed by atoms with E-state index in [0.29, 0.717) is 39.1 Å². The molecule has 0 aromatic rings. The van der Waals surface area contributed by atoms with Crippen molar-refractivity contribution >= 4 is 36.0 Å². The quantitative estimate of drug-likeness (QED) is 0.231. The Morgan fingerprint density at radius 1 is 0.685 bits per heavy atom. The number of ether oxygens (including phenoxy) is 2. The van der Waals surface area contributed by atoms with Crippen molar-refractivity contribution in [2.45, 2.75) is 90.3 Å². The number of rotatable bonds is 6. The first-order chi connectivity index (χ1) is 25.7. The van der Waals surface area contributed by atoms with Crippen LogP contribution in [0.15, 0.2) is 47.6 Å². The van der Waals surface area contributed by atoms with Gasteiger partial charge in [0.2, 0.25) is 11.8 Å². The second-order valence-electron chi connectivity index (χ2n) is 19.1. The van der Waals surface area contributed by atoms with E-state index in [1.165, 1.54) is 11.1 Å². The first-order valence-corrected chi connectivity index (χ1v) is 20.3. The first kappa shape index (κ1) is 36.2. The number of carbonyl (C=O) groups is 6. The lowest BCUT2D eigenvalue weighted by Crippen LogP contribution is -2.64. The summed E-state index contributed by atoms with van der Waals surface area (Å²) in [7, 11) is 0. The zero-order chi connectivity index (χ0) is 38.1. The molecule has 12 aliphatic rings. The van der Waals surface area contributed by atoms with Crippen molar-refractivity contribution in [3.8, 4) is 0 Å². The van der Waals surface area contributed by atoms with Crippen LogP contribution in [0.25, 0.3) is 0 Å². The number of fused-ring (bicyclic) bond motifs is 2. The summed E-state index contributed by atoms with van der Waals surface area (Å²) in [5.41, 5.74) is -0.174. The molecule has 2 amide bonds. The van der Waals surface area contributed by atoms with Gasteiger partial charge in [-0.25, -0.2) is 0 Å². The molecule has 4 bridgehead atoms. The molecular weight excluding hydrogens is 684 g/mol. The number of Topliss-reactive ketones (excluding diaryl/α,β-unsaturated/α-hetero) is 2. The minimum Gasteiger partial charge on any atom is -0.361 e. The summed E-state index contributed by atoms with van der Waals surface area (Å²) in [4.78, 5) is 74.5. The SMILES string of the molecule is CC(=O)NC[C@@]1(C)CCC=C2[C@H]1C[C@H](C=O)[C@]13C=C[C@H](C[C@H]21)[C@]1(CO1)C3=O.CC(=O)NC[C@]1(C)CCC=C2[C@@H]1C[C@@H](C=O)[C@@]13C=C[C@@H](C[C@@H]21)[C@@]1(CO1)C3=O. The topological polar surface area (TPSA) is 152 Å². The van der Waals surface area contributed by atoms with Gasteiger partial charge in [0.25, 0.3) is 0 Å². The van der Waals surface area contributed by atoms with E-state index in [9.17, 15) is 28.8 Å². The Kier molecular flexibility index (Phi) is 8.04. The standard InChI is InChI=1S/2C22H27NO4/c2*1-13(25)23-11-20(2)6-3-4-16-17(20)9-15(10-24)21-7-5-14(8-18(16)21)22(12-27-22)19(21)26/h2*4-5,7,10,14-15,17-18H,3,6,8-9,11-12H2,1-2H3,(H,23,25)/t2*14-,15-,17-,18-,20-,21-,22-/m10/s1. The number of hydrogen-bond acceptors (Lipinski definition) is 8. The highest BCUT2D eigenvalue weighted by atomic mass is 16.6. The monoisotopic (exact) mass is 738 g/mol. The molecule has 2 N–H and O–H groups in total. The van der Waals surface area contributed by atoms with Crippen molar-refractivity contribution < 1.29 is 38.2 Å². The van der Waals surface area contributed by atoms with Crippen LogP contribution in [0.4, 0.5) is 0 Å². The van der Waals surface area contributed by atoms with Gasteiger partial charge in [0.1, 0.15) is 12.6 Å². The molecule has 2 heterocycles. The summed E-state index contributed by atoms with van der Waals surface area (Å²) in [6, 6.07) is 0. The van der Waals surface area contributed by atoms with Gasteiger partial charge in [-0.05, 0) is 85.9 Å². The van der Waals surface area contributed by atoms with Gasteiger partial charge in [-0.3, -0.25) is 19.2 Å². The lowest BCUT2D eigenvalue weighted by Gasteiger charge is -2.60. The highest BCUT2D eigenvalue weighted by Gasteiger charge is 2.75. The second-order valence-corrected chi connectivity index (χ2v) is 19.1. The van der Waals surface area contributed by atoms with Gasteiger partial charge in [0.15, 0.2) is 22.8 Å². The third kappa shape index (κ3) is 4.71. The summed E-state index contributed by atoms with van der Waals surface area (Å²) in [6.45, 7) is 9.80. The maximum atomic E-state index is 13.5. The zero-order valence-corrected chi connectivity index (χ0v) is 32.0. The van der Waals surface area contributed by atoms with Crippen molar-refractivity contribution in [1.29, 1.82) is 0 Å². The second kappa shape index (κ2) is 12.0. The van der Waals surface area contributed by atoms with Gasteiger partial charge in [0, 0.05) is 50.6 Å². The van der Waals surface area contributed by atoms with E-state index < -0.39 is 22.0 Å². The van der Waals surface area contributed by atoms with Gasteiger partial charge in [0.05, 0.1) is 24.0 Å². The van der Waals surface area contributed by atoms with Crippen molar-refractivity contribution in [3.05, 3.63) is 47.6 Å². The van der Waals surface area contributed by atoms with E-state index in [-0.39, 0.29) is 81.6 Å². The Bertz CT molecular complexity index is 1720. The normalized spacial score (nSPS) is 49.3. The molecule has 288 valence electrons. The summed E-state index contributed by atoms with van der Waals surface area (Å²) in [6.07, 6.45) is 22.1. The van der Waals surface area contributed by atoms with E-state index in [4.69, 9.17) is 9.47 Å². The van der Waals surface area contributed by atoms with Crippen LogP contribution in [0.2, 0.25) is 0 Å². The number of hydrogen-bond donors (Lipinski definition) is 2. The van der Waals surface area contributed by atoms with Crippen LogP contribution in [0.3, 0.4) is 0 Å². The Morgan fingerprint density at radius 2 is 1.07 bits per heavy atom. The zero-order valence-electron chi connectivity index (χ0n) is 32.0. The smallest absolute Gasteiger partial charge is 0.216 e. The fraction of sp³-hybridized carbons (Fsp3) is 0.682. The Balaban J connectivity index is 0.000000142. The first-order valence-electron chi connectivity index (χ1n) is 20.3. The average Bonchev–Trinajstić information content (AvgIpc) is 4.11. The van der Waals surface area contributed by atoms with Gasteiger partial charge < -0.3 is 29.7 Å². The van der Waals surface area contributed by atoms with Crippen LogP contribution in [-0.4, -0.2) is 73.5 Å². The van der Waals surface area contributed by atoms with Crippen LogP contribution in [0.5, 0.6) is 0 Å². The highest BCUT2D eigenvalue weighted by molar-refractivity contribution is 6.02. The van der Waals surface area contributed by atoms with Crippen LogP contribution in [0.1, 0.15) is 79.1 Å². The van der Waals surface area contributed by atoms with E-state index in [2.05, 4.69) is 60.9 Å². The molecule has 0 aromatic carbocycles. The Morgan fingerprint density at radius 3 is 1.41 bits per heavy atom. The van der Waals surface area contributed by atoms with Gasteiger partial charge in [-0.1, -0.05) is 61.4 Å². The molecule has 10 aliphatic carbocycles. The summed E-state index contributed by atoms with van der Waals surface area (Å²) >= 11 is 0. The lowest BCUT2D eigenvalue weighted by atomic mass is 9.41. The Labute approximate surface area is 317 Å². The van der Waals surface area contributed by atoms with Crippen molar-refractivity contribution in [2.24, 2.45) is 69.0 Å². The van der Waals surface area contributed by atoms with Gasteiger partial charge in [-0.2, -0.15) is 0 Å². The van der Waals surface area contributed by atoms with Gasteiger partial charge >= 0.3 is 0 Å². The predicted octanol–water partition coefficient (Wildman–Crippen LogP) is 4.43. The molecule has 6 fully saturated rings. The minimum absolute atomic E-state index is 0.0193. The average molecular weight is 739 g/mol. The molecule has 0 aromatic heterocycles. The fourth-order valence-electron chi connectivity index (χ4n) is 13.3. The van der Waals surface area contributed by atoms with Crippen molar-refractivity contribution in [1.82, 2.24) is 10.6 Å². The number of ketones is 2. The van der Waals surface area contributed by atoms with Crippen LogP contribution < -0.4 is 10.6 Å². The number of amides is 2. The van der Waals surface area contributed by atoms with E-state index in [1.807, 2.05) is 0 Å². The van der Waals surface area contributed by atoms with Gasteiger partial charge in [-0.15, -0.1) is 0 Å².